The summed E-state index contributed by atoms with van der Waals surface area (Å²) in [5.41, 5.74) is 2.36. The van der Waals surface area contributed by atoms with E-state index in [0.29, 0.717) is 12.2 Å². The standard InChI is InChI=1S/C12H14BrN3.C4H4O4/c13-10-6-11-9(2-5-16-3-1-4-16)7-14-12(11)15-8-10;5-3(6)1-2-4(7)8/h6-8H,1-5H2,(H,14,15);1-2H,(H,5,6)(H,7,8)/b;2-1+. The Labute approximate surface area is 147 Å². The Balaban J connectivity index is 0.000000224. The Bertz CT molecular complexity index is 737. The van der Waals surface area contributed by atoms with Crippen LogP contribution in [0.15, 0.2) is 35.1 Å². The highest BCUT2D eigenvalue weighted by molar-refractivity contribution is 9.10. The molecule has 2 aromatic rings. The van der Waals surface area contributed by atoms with Gasteiger partial charge in [-0.05, 0) is 53.5 Å². The van der Waals surface area contributed by atoms with Crippen molar-refractivity contribution in [2.45, 2.75) is 12.8 Å². The second-order valence-corrected chi connectivity index (χ2v) is 6.23. The van der Waals surface area contributed by atoms with Crippen LogP contribution >= 0.6 is 15.9 Å². The number of halogens is 1. The van der Waals surface area contributed by atoms with Crippen molar-refractivity contribution in [2.75, 3.05) is 19.6 Å². The molecule has 0 bridgehead atoms. The summed E-state index contributed by atoms with van der Waals surface area (Å²) in [5, 5.41) is 16.9. The smallest absolute Gasteiger partial charge is 0.328 e. The number of aromatic nitrogens is 2. The Kier molecular flexibility index (Phi) is 6.51. The average Bonchev–Trinajstić information content (AvgIpc) is 2.87. The minimum Gasteiger partial charge on any atom is -0.478 e. The summed E-state index contributed by atoms with van der Waals surface area (Å²) >= 11 is 3.47. The Morgan fingerprint density at radius 1 is 1.29 bits per heavy atom. The van der Waals surface area contributed by atoms with E-state index >= 15 is 0 Å². The van der Waals surface area contributed by atoms with Gasteiger partial charge in [0.2, 0.25) is 0 Å². The van der Waals surface area contributed by atoms with Crippen LogP contribution in [-0.4, -0.2) is 56.7 Å². The fourth-order valence-electron chi connectivity index (χ4n) is 2.27. The summed E-state index contributed by atoms with van der Waals surface area (Å²) in [5.74, 6) is -2.51. The molecule has 0 amide bonds. The molecule has 0 atom stereocenters. The lowest BCUT2D eigenvalue weighted by Crippen LogP contribution is -2.38. The number of nitrogens with zero attached hydrogens (tertiary/aromatic N) is 2. The molecule has 2 aromatic heterocycles. The summed E-state index contributed by atoms with van der Waals surface area (Å²) in [6, 6.07) is 2.14. The lowest BCUT2D eigenvalue weighted by atomic mass is 10.1. The minimum atomic E-state index is -1.26. The van der Waals surface area contributed by atoms with Crippen LogP contribution in [0.3, 0.4) is 0 Å². The molecule has 1 fully saturated rings. The lowest BCUT2D eigenvalue weighted by Gasteiger charge is -2.30. The first-order chi connectivity index (χ1) is 11.5. The van der Waals surface area contributed by atoms with E-state index in [1.165, 1.54) is 37.0 Å². The van der Waals surface area contributed by atoms with Crippen molar-refractivity contribution < 1.29 is 19.8 Å². The van der Waals surface area contributed by atoms with Gasteiger partial charge in [0.05, 0.1) is 0 Å². The van der Waals surface area contributed by atoms with Gasteiger partial charge in [0.1, 0.15) is 5.65 Å². The van der Waals surface area contributed by atoms with Gasteiger partial charge in [-0.2, -0.15) is 0 Å². The van der Waals surface area contributed by atoms with Crippen LogP contribution in [0.5, 0.6) is 0 Å². The molecule has 0 radical (unpaired) electrons. The molecule has 0 saturated carbocycles. The third kappa shape index (κ3) is 5.47. The van der Waals surface area contributed by atoms with E-state index in [9.17, 15) is 9.59 Å². The maximum absolute atomic E-state index is 9.55. The van der Waals surface area contributed by atoms with Crippen LogP contribution in [0, 0.1) is 0 Å². The summed E-state index contributed by atoms with van der Waals surface area (Å²) < 4.78 is 1.05. The minimum absolute atomic E-state index is 0.558. The number of carboxylic acid groups (broad SMARTS) is 2. The summed E-state index contributed by atoms with van der Waals surface area (Å²) in [7, 11) is 0. The van der Waals surface area contributed by atoms with Crippen LogP contribution in [0.4, 0.5) is 0 Å². The van der Waals surface area contributed by atoms with Gasteiger partial charge in [-0.25, -0.2) is 14.6 Å². The van der Waals surface area contributed by atoms with E-state index in [4.69, 9.17) is 10.2 Å². The Morgan fingerprint density at radius 3 is 2.50 bits per heavy atom. The largest absolute Gasteiger partial charge is 0.478 e. The highest BCUT2D eigenvalue weighted by Gasteiger charge is 2.14. The molecule has 1 aliphatic rings. The van der Waals surface area contributed by atoms with Crippen LogP contribution < -0.4 is 0 Å². The summed E-state index contributed by atoms with van der Waals surface area (Å²) in [6.45, 7) is 3.70. The second kappa shape index (κ2) is 8.60. The summed E-state index contributed by atoms with van der Waals surface area (Å²) in [4.78, 5) is 29.2. The van der Waals surface area contributed by atoms with E-state index in [1.807, 2.05) is 6.20 Å². The third-order valence-electron chi connectivity index (χ3n) is 3.60. The molecule has 0 spiro atoms. The molecule has 0 aliphatic carbocycles. The first-order valence-corrected chi connectivity index (χ1v) is 8.23. The number of hydrogen-bond acceptors (Lipinski definition) is 4. The molecule has 24 heavy (non-hydrogen) atoms. The van der Waals surface area contributed by atoms with Gasteiger partial charge in [0.25, 0.3) is 0 Å². The lowest BCUT2D eigenvalue weighted by molar-refractivity contribution is -0.134. The predicted octanol–water partition coefficient (Wildman–Crippen LogP) is 2.29. The van der Waals surface area contributed by atoms with E-state index < -0.39 is 11.9 Å². The maximum atomic E-state index is 9.55. The molecule has 128 valence electrons. The number of fused-ring (bicyclic) bond motifs is 1. The predicted molar refractivity (Wildman–Crippen MR) is 93.0 cm³/mol. The van der Waals surface area contributed by atoms with Gasteiger partial charge in [-0.1, -0.05) is 0 Å². The van der Waals surface area contributed by atoms with E-state index in [1.54, 1.807) is 0 Å². The quantitative estimate of drug-likeness (QED) is 0.670. The highest BCUT2D eigenvalue weighted by atomic mass is 79.9. The van der Waals surface area contributed by atoms with Crippen LogP contribution in [0.1, 0.15) is 12.0 Å². The Hall–Kier alpha value is -2.19. The SMILES string of the molecule is Brc1cnc2[nH]cc(CCN3CCC3)c2c1.O=C(O)/C=C/C(=O)O. The fraction of sp³-hybridized carbons (Fsp3) is 0.312. The number of H-pyrrole nitrogens is 1. The van der Waals surface area contributed by atoms with E-state index in [0.717, 1.165) is 16.5 Å². The number of aromatic amines is 1. The van der Waals surface area contributed by atoms with Gasteiger partial charge in [0, 0.05) is 40.9 Å². The van der Waals surface area contributed by atoms with E-state index in [-0.39, 0.29) is 0 Å². The second-order valence-electron chi connectivity index (χ2n) is 5.32. The molecule has 7 nitrogen and oxygen atoms in total. The van der Waals surface area contributed by atoms with Gasteiger partial charge < -0.3 is 20.1 Å². The van der Waals surface area contributed by atoms with Crippen LogP contribution in [-0.2, 0) is 16.0 Å². The fourth-order valence-corrected chi connectivity index (χ4v) is 2.60. The molecule has 1 aliphatic heterocycles. The van der Waals surface area contributed by atoms with Crippen molar-refractivity contribution in [2.24, 2.45) is 0 Å². The maximum Gasteiger partial charge on any atom is 0.328 e. The van der Waals surface area contributed by atoms with Gasteiger partial charge in [0.15, 0.2) is 0 Å². The van der Waals surface area contributed by atoms with Crippen molar-refractivity contribution in [3.05, 3.63) is 40.6 Å². The first-order valence-electron chi connectivity index (χ1n) is 7.43. The first kappa shape index (κ1) is 18.2. The number of aliphatic carboxylic acids is 2. The van der Waals surface area contributed by atoms with Crippen molar-refractivity contribution in [3.63, 3.8) is 0 Å². The normalized spacial score (nSPS) is 14.2. The van der Waals surface area contributed by atoms with Crippen LogP contribution in [0.25, 0.3) is 11.0 Å². The van der Waals surface area contributed by atoms with Gasteiger partial charge in [-0.15, -0.1) is 0 Å². The van der Waals surface area contributed by atoms with Gasteiger partial charge >= 0.3 is 11.9 Å². The van der Waals surface area contributed by atoms with Crippen LogP contribution in [0.2, 0.25) is 0 Å². The van der Waals surface area contributed by atoms with Crippen molar-refractivity contribution in [1.82, 2.24) is 14.9 Å². The number of rotatable bonds is 5. The molecular formula is C16H18BrN3O4. The number of nitrogens with one attached hydrogen (secondary N) is 1. The molecule has 0 aromatic carbocycles. The molecular weight excluding hydrogens is 378 g/mol. The number of likely N-dealkylation sites (tertiary alicyclic amines) is 1. The monoisotopic (exact) mass is 395 g/mol. The van der Waals surface area contributed by atoms with Crippen molar-refractivity contribution >= 4 is 38.9 Å². The van der Waals surface area contributed by atoms with Crippen molar-refractivity contribution in [1.29, 1.82) is 0 Å². The zero-order chi connectivity index (χ0) is 17.5. The number of carbonyl (C=O) groups is 2. The topological polar surface area (TPSA) is 107 Å². The van der Waals surface area contributed by atoms with E-state index in [2.05, 4.69) is 43.1 Å². The highest BCUT2D eigenvalue weighted by Crippen LogP contribution is 2.21. The average molecular weight is 396 g/mol. The molecule has 3 N–H and O–H groups in total. The number of pyridine rings is 1. The van der Waals surface area contributed by atoms with Gasteiger partial charge in [-0.3, -0.25) is 0 Å². The molecule has 8 heteroatoms. The molecule has 3 heterocycles. The third-order valence-corrected chi connectivity index (χ3v) is 4.03. The number of hydrogen-bond donors (Lipinski definition) is 3. The zero-order valence-corrected chi connectivity index (χ0v) is 14.5. The summed E-state index contributed by atoms with van der Waals surface area (Å²) in [6.07, 6.45) is 7.51. The zero-order valence-electron chi connectivity index (χ0n) is 12.9. The number of carboxylic acids is 2. The molecule has 0 unspecified atom stereocenters. The van der Waals surface area contributed by atoms with Crippen molar-refractivity contribution in [3.8, 4) is 0 Å². The Morgan fingerprint density at radius 2 is 1.96 bits per heavy atom. The molecule has 1 saturated heterocycles. The molecule has 3 rings (SSSR count).